The summed E-state index contributed by atoms with van der Waals surface area (Å²) in [5, 5.41) is 7.37. The van der Waals surface area contributed by atoms with E-state index in [4.69, 9.17) is 23.2 Å². The second-order valence-corrected chi connectivity index (χ2v) is 7.39. The maximum atomic E-state index is 11.9. The first-order valence-electron chi connectivity index (χ1n) is 7.71. The summed E-state index contributed by atoms with van der Waals surface area (Å²) in [6, 6.07) is 9.15. The smallest absolute Gasteiger partial charge is 0.229 e. The van der Waals surface area contributed by atoms with Crippen molar-refractivity contribution >= 4 is 40.6 Å². The molecule has 0 radical (unpaired) electrons. The van der Waals surface area contributed by atoms with E-state index in [-0.39, 0.29) is 5.91 Å². The van der Waals surface area contributed by atoms with Gasteiger partial charge in [-0.2, -0.15) is 0 Å². The van der Waals surface area contributed by atoms with E-state index >= 15 is 0 Å². The number of carbonyl (C=O) groups excluding carboxylic acids is 1. The zero-order valence-corrected chi connectivity index (χ0v) is 15.5. The van der Waals surface area contributed by atoms with Crippen LogP contribution in [0, 0.1) is 5.41 Å². The molecule has 1 aromatic carbocycles. The largest absolute Gasteiger partial charge is 0.370 e. The molecule has 24 heavy (non-hydrogen) atoms. The highest BCUT2D eigenvalue weighted by Gasteiger charge is 2.21. The number of carbonyl (C=O) groups is 1. The first-order chi connectivity index (χ1) is 11.3. The van der Waals surface area contributed by atoms with Gasteiger partial charge in [-0.05, 0) is 36.2 Å². The average Bonchev–Trinajstić information content (AvgIpc) is 2.50. The van der Waals surface area contributed by atoms with Gasteiger partial charge < -0.3 is 10.6 Å². The number of benzene rings is 1. The fraction of sp³-hybridized carbons (Fsp3) is 0.333. The third kappa shape index (κ3) is 5.39. The van der Waals surface area contributed by atoms with Crippen molar-refractivity contribution in [2.45, 2.75) is 27.2 Å². The second-order valence-electron chi connectivity index (χ2n) is 6.55. The number of nitrogens with zero attached hydrogens (tertiary/aromatic N) is 1. The van der Waals surface area contributed by atoms with Crippen molar-refractivity contribution in [3.05, 3.63) is 52.1 Å². The number of amides is 1. The number of halogens is 2. The molecular weight excluding hydrogens is 345 g/mol. The third-order valence-electron chi connectivity index (χ3n) is 3.42. The van der Waals surface area contributed by atoms with Crippen molar-refractivity contribution in [1.29, 1.82) is 0 Å². The molecule has 0 bridgehead atoms. The van der Waals surface area contributed by atoms with Crippen LogP contribution < -0.4 is 10.6 Å². The van der Waals surface area contributed by atoms with Gasteiger partial charge in [-0.1, -0.05) is 50.0 Å². The number of rotatable bonds is 5. The van der Waals surface area contributed by atoms with Crippen LogP contribution >= 0.6 is 23.2 Å². The van der Waals surface area contributed by atoms with E-state index in [2.05, 4.69) is 15.6 Å². The predicted octanol–water partition coefficient (Wildman–Crippen LogP) is 5.03. The minimum absolute atomic E-state index is 0.0395. The number of anilines is 2. The van der Waals surface area contributed by atoms with Crippen LogP contribution in [0.5, 0.6) is 0 Å². The maximum Gasteiger partial charge on any atom is 0.229 e. The van der Waals surface area contributed by atoms with Crippen LogP contribution in [0.15, 0.2) is 36.5 Å². The molecule has 0 fully saturated rings. The fourth-order valence-corrected chi connectivity index (χ4v) is 2.44. The summed E-state index contributed by atoms with van der Waals surface area (Å²) in [6.45, 7) is 6.30. The van der Waals surface area contributed by atoms with E-state index in [0.717, 1.165) is 17.8 Å². The Kier molecular flexibility index (Phi) is 6.08. The Morgan fingerprint density at radius 2 is 1.92 bits per heavy atom. The molecule has 1 heterocycles. The first-order valence-corrected chi connectivity index (χ1v) is 8.46. The summed E-state index contributed by atoms with van der Waals surface area (Å²) in [7, 11) is 0. The van der Waals surface area contributed by atoms with Gasteiger partial charge in [0.05, 0.1) is 11.9 Å². The monoisotopic (exact) mass is 365 g/mol. The summed E-state index contributed by atoms with van der Waals surface area (Å²) < 4.78 is 0. The van der Waals surface area contributed by atoms with Gasteiger partial charge in [0.15, 0.2) is 0 Å². The molecule has 128 valence electrons. The number of hydrogen-bond acceptors (Lipinski definition) is 3. The lowest BCUT2D eigenvalue weighted by molar-refractivity contribution is -0.123. The number of aromatic nitrogens is 1. The van der Waals surface area contributed by atoms with Crippen LogP contribution in [0.3, 0.4) is 0 Å². The first kappa shape index (κ1) is 18.6. The van der Waals surface area contributed by atoms with Crippen LogP contribution in [-0.4, -0.2) is 17.4 Å². The van der Waals surface area contributed by atoms with Gasteiger partial charge in [0, 0.05) is 22.0 Å². The van der Waals surface area contributed by atoms with Crippen molar-refractivity contribution in [2.75, 3.05) is 17.2 Å². The minimum atomic E-state index is -0.436. The Hall–Kier alpha value is -1.78. The Bertz CT molecular complexity index is 709. The van der Waals surface area contributed by atoms with Crippen LogP contribution in [-0.2, 0) is 11.2 Å². The Balaban J connectivity index is 1.87. The molecule has 1 aromatic heterocycles. The molecule has 0 unspecified atom stereocenters. The summed E-state index contributed by atoms with van der Waals surface area (Å²) >= 11 is 12.0. The lowest BCUT2D eigenvalue weighted by atomic mass is 9.96. The van der Waals surface area contributed by atoms with Crippen molar-refractivity contribution < 1.29 is 4.79 Å². The zero-order chi connectivity index (χ0) is 17.7. The van der Waals surface area contributed by atoms with Gasteiger partial charge in [-0.25, -0.2) is 4.98 Å². The number of pyridine rings is 1. The van der Waals surface area contributed by atoms with E-state index < -0.39 is 5.41 Å². The van der Waals surface area contributed by atoms with Gasteiger partial charge in [-0.15, -0.1) is 0 Å². The molecule has 0 spiro atoms. The van der Waals surface area contributed by atoms with E-state index in [0.29, 0.717) is 22.3 Å². The van der Waals surface area contributed by atoms with Crippen molar-refractivity contribution in [2.24, 2.45) is 5.41 Å². The Morgan fingerprint density at radius 1 is 1.17 bits per heavy atom. The molecule has 6 heteroatoms. The molecule has 2 N–H and O–H groups in total. The van der Waals surface area contributed by atoms with E-state index in [9.17, 15) is 4.79 Å². The molecule has 2 rings (SSSR count). The number of nitrogens with one attached hydrogen (secondary N) is 2. The van der Waals surface area contributed by atoms with Gasteiger partial charge in [-0.3, -0.25) is 4.79 Å². The standard InChI is InChI=1S/C18H21Cl2N3O/c1-18(2,3)17(24)23-14-6-7-16(22-11-14)21-9-8-12-4-5-13(19)10-15(12)20/h4-7,10-11H,8-9H2,1-3H3,(H,21,22)(H,23,24). The molecule has 0 atom stereocenters. The predicted molar refractivity (Wildman–Crippen MR) is 101 cm³/mol. The summed E-state index contributed by atoms with van der Waals surface area (Å²) in [6.07, 6.45) is 2.40. The summed E-state index contributed by atoms with van der Waals surface area (Å²) in [5.41, 5.74) is 1.28. The molecule has 2 aromatic rings. The molecule has 0 saturated carbocycles. The lowest BCUT2D eigenvalue weighted by Crippen LogP contribution is -2.27. The SMILES string of the molecule is CC(C)(C)C(=O)Nc1ccc(NCCc2ccc(Cl)cc2Cl)nc1. The van der Waals surface area contributed by atoms with Crippen molar-refractivity contribution in [1.82, 2.24) is 4.98 Å². The normalized spacial score (nSPS) is 11.2. The van der Waals surface area contributed by atoms with Crippen LogP contribution in [0.25, 0.3) is 0 Å². The van der Waals surface area contributed by atoms with Gasteiger partial charge in [0.25, 0.3) is 0 Å². The average molecular weight is 366 g/mol. The van der Waals surface area contributed by atoms with E-state index in [1.54, 1.807) is 12.3 Å². The fourth-order valence-electron chi connectivity index (χ4n) is 1.94. The molecule has 0 aliphatic carbocycles. The number of hydrogen-bond donors (Lipinski definition) is 2. The Labute approximate surface area is 152 Å². The lowest BCUT2D eigenvalue weighted by Gasteiger charge is -2.17. The summed E-state index contributed by atoms with van der Waals surface area (Å²) in [4.78, 5) is 16.2. The van der Waals surface area contributed by atoms with Crippen molar-refractivity contribution in [3.8, 4) is 0 Å². The van der Waals surface area contributed by atoms with Crippen LogP contribution in [0.1, 0.15) is 26.3 Å². The van der Waals surface area contributed by atoms with Gasteiger partial charge in [0.1, 0.15) is 5.82 Å². The molecule has 1 amide bonds. The van der Waals surface area contributed by atoms with E-state index in [1.165, 1.54) is 0 Å². The van der Waals surface area contributed by atoms with Gasteiger partial charge in [0.2, 0.25) is 5.91 Å². The highest BCUT2D eigenvalue weighted by molar-refractivity contribution is 6.35. The molecule has 0 saturated heterocycles. The molecular formula is C18H21Cl2N3O. The second kappa shape index (κ2) is 7.86. The van der Waals surface area contributed by atoms with Crippen molar-refractivity contribution in [3.63, 3.8) is 0 Å². The van der Waals surface area contributed by atoms with Crippen LogP contribution in [0.4, 0.5) is 11.5 Å². The Morgan fingerprint density at radius 3 is 2.50 bits per heavy atom. The third-order valence-corrected chi connectivity index (χ3v) is 4.01. The quantitative estimate of drug-likeness (QED) is 0.781. The van der Waals surface area contributed by atoms with E-state index in [1.807, 2.05) is 45.0 Å². The minimum Gasteiger partial charge on any atom is -0.370 e. The molecule has 0 aliphatic heterocycles. The van der Waals surface area contributed by atoms with Crippen LogP contribution in [0.2, 0.25) is 10.0 Å². The highest BCUT2D eigenvalue weighted by atomic mass is 35.5. The summed E-state index contributed by atoms with van der Waals surface area (Å²) in [5.74, 6) is 0.705. The van der Waals surface area contributed by atoms with Gasteiger partial charge >= 0.3 is 0 Å². The highest BCUT2D eigenvalue weighted by Crippen LogP contribution is 2.21. The topological polar surface area (TPSA) is 54.0 Å². The maximum absolute atomic E-state index is 11.9. The molecule has 4 nitrogen and oxygen atoms in total. The molecule has 0 aliphatic rings. The zero-order valence-electron chi connectivity index (χ0n) is 14.0.